The van der Waals surface area contributed by atoms with Crippen LogP contribution in [0, 0.1) is 6.92 Å². The Hall–Kier alpha value is -2.76. The Balaban J connectivity index is 1.59. The van der Waals surface area contributed by atoms with Gasteiger partial charge in [0.25, 0.3) is 11.7 Å². The van der Waals surface area contributed by atoms with Crippen LogP contribution in [0.2, 0.25) is 0 Å². The van der Waals surface area contributed by atoms with Crippen LogP contribution < -0.4 is 0 Å². The van der Waals surface area contributed by atoms with Crippen LogP contribution in [0.25, 0.3) is 5.78 Å². The molecule has 1 aromatic carbocycles. The van der Waals surface area contributed by atoms with Gasteiger partial charge in [0.2, 0.25) is 5.82 Å². The van der Waals surface area contributed by atoms with E-state index in [0.717, 1.165) is 31.5 Å². The van der Waals surface area contributed by atoms with E-state index in [1.54, 1.807) is 10.7 Å². The molecule has 0 N–H and O–H groups in total. The molecular weight excluding hydrogens is 302 g/mol. The molecule has 0 spiro atoms. The zero-order chi connectivity index (χ0) is 16.5. The molecule has 6 heteroatoms. The molecule has 3 heterocycles. The molecule has 6 nitrogen and oxygen atoms in total. The number of hydrogen-bond acceptors (Lipinski definition) is 4. The molecule has 1 saturated heterocycles. The number of likely N-dealkylation sites (tertiary alicyclic amines) is 1. The van der Waals surface area contributed by atoms with Gasteiger partial charge in [-0.2, -0.15) is 4.98 Å². The number of benzene rings is 1. The fraction of sp³-hybridized carbons (Fsp3) is 0.333. The van der Waals surface area contributed by atoms with E-state index in [2.05, 4.69) is 27.2 Å². The van der Waals surface area contributed by atoms with Gasteiger partial charge in [0.05, 0.1) is 0 Å². The summed E-state index contributed by atoms with van der Waals surface area (Å²) in [4.78, 5) is 23.3. The number of amides is 1. The Bertz CT molecular complexity index is 874. The van der Waals surface area contributed by atoms with Gasteiger partial charge in [-0.3, -0.25) is 4.79 Å². The maximum atomic E-state index is 12.9. The smallest absolute Gasteiger partial charge is 0.293 e. The van der Waals surface area contributed by atoms with Crippen molar-refractivity contribution in [3.8, 4) is 0 Å². The van der Waals surface area contributed by atoms with Gasteiger partial charge >= 0.3 is 0 Å². The Morgan fingerprint density at radius 2 is 2.08 bits per heavy atom. The highest BCUT2D eigenvalue weighted by atomic mass is 16.2. The summed E-state index contributed by atoms with van der Waals surface area (Å²) < 4.78 is 1.62. The Kier molecular flexibility index (Phi) is 3.72. The highest BCUT2D eigenvalue weighted by Gasteiger charge is 2.31. The third kappa shape index (κ3) is 2.64. The minimum atomic E-state index is -0.0988. The zero-order valence-corrected chi connectivity index (χ0v) is 13.6. The monoisotopic (exact) mass is 321 g/mol. The van der Waals surface area contributed by atoms with E-state index in [0.29, 0.717) is 5.78 Å². The van der Waals surface area contributed by atoms with Crippen molar-refractivity contribution in [3.05, 3.63) is 59.7 Å². The van der Waals surface area contributed by atoms with Crippen molar-refractivity contribution in [3.63, 3.8) is 0 Å². The van der Waals surface area contributed by atoms with Gasteiger partial charge in [-0.1, -0.05) is 30.3 Å². The predicted octanol–water partition coefficient (Wildman–Crippen LogP) is 2.28. The summed E-state index contributed by atoms with van der Waals surface area (Å²) in [5, 5.41) is 4.35. The minimum Gasteiger partial charge on any atom is -0.333 e. The third-order valence-corrected chi connectivity index (χ3v) is 4.57. The summed E-state index contributed by atoms with van der Waals surface area (Å²) in [5.74, 6) is 0.604. The van der Waals surface area contributed by atoms with Gasteiger partial charge in [0, 0.05) is 24.5 Å². The first kappa shape index (κ1) is 14.8. The summed E-state index contributed by atoms with van der Waals surface area (Å²) in [6, 6.07) is 12.4. The second-order valence-corrected chi connectivity index (χ2v) is 6.22. The van der Waals surface area contributed by atoms with Crippen LogP contribution >= 0.6 is 0 Å². The van der Waals surface area contributed by atoms with Crippen molar-refractivity contribution in [1.29, 1.82) is 0 Å². The third-order valence-electron chi connectivity index (χ3n) is 4.57. The van der Waals surface area contributed by atoms with E-state index in [1.165, 1.54) is 5.56 Å². The number of carbonyl (C=O) groups is 1. The van der Waals surface area contributed by atoms with Gasteiger partial charge in [-0.15, -0.1) is 5.10 Å². The van der Waals surface area contributed by atoms with Gasteiger partial charge in [-0.05, 0) is 37.8 Å². The molecule has 24 heavy (non-hydrogen) atoms. The van der Waals surface area contributed by atoms with Crippen molar-refractivity contribution in [2.75, 3.05) is 6.54 Å². The molecule has 1 atom stereocenters. The Labute approximate surface area is 140 Å². The standard InChI is InChI=1S/C18H19N5O/c1-13-9-10-19-18-20-16(21-23(13)18)17(24)22-11-5-8-15(22)12-14-6-3-2-4-7-14/h2-4,6-7,9-10,15H,5,8,11-12H2,1H3. The number of carbonyl (C=O) groups excluding carboxylic acids is 1. The van der Waals surface area contributed by atoms with Crippen LogP contribution in [0.3, 0.4) is 0 Å². The van der Waals surface area contributed by atoms with E-state index in [4.69, 9.17) is 0 Å². The molecule has 1 unspecified atom stereocenters. The van der Waals surface area contributed by atoms with Crippen molar-refractivity contribution in [1.82, 2.24) is 24.5 Å². The minimum absolute atomic E-state index is 0.0988. The molecule has 0 bridgehead atoms. The van der Waals surface area contributed by atoms with Crippen LogP contribution in [0.5, 0.6) is 0 Å². The number of hydrogen-bond donors (Lipinski definition) is 0. The van der Waals surface area contributed by atoms with E-state index in [-0.39, 0.29) is 17.8 Å². The summed E-state index contributed by atoms with van der Waals surface area (Å²) in [6.07, 6.45) is 4.60. The normalized spacial score (nSPS) is 17.5. The van der Waals surface area contributed by atoms with Crippen LogP contribution in [0.4, 0.5) is 0 Å². The van der Waals surface area contributed by atoms with E-state index in [1.807, 2.05) is 36.1 Å². The highest BCUT2D eigenvalue weighted by molar-refractivity contribution is 5.91. The second kappa shape index (κ2) is 6.03. The first-order valence-electron chi connectivity index (χ1n) is 8.25. The van der Waals surface area contributed by atoms with Crippen molar-refractivity contribution < 1.29 is 4.79 Å². The van der Waals surface area contributed by atoms with Gasteiger partial charge in [-0.25, -0.2) is 9.50 Å². The van der Waals surface area contributed by atoms with Crippen molar-refractivity contribution in [2.45, 2.75) is 32.2 Å². The fourth-order valence-electron chi connectivity index (χ4n) is 3.33. The second-order valence-electron chi connectivity index (χ2n) is 6.22. The summed E-state index contributed by atoms with van der Waals surface area (Å²) >= 11 is 0. The van der Waals surface area contributed by atoms with Crippen LogP contribution in [0.15, 0.2) is 42.6 Å². The molecule has 0 saturated carbocycles. The molecule has 2 aromatic heterocycles. The molecule has 0 radical (unpaired) electrons. The average Bonchev–Trinajstić information content (AvgIpc) is 3.23. The first-order valence-corrected chi connectivity index (χ1v) is 8.25. The fourth-order valence-corrected chi connectivity index (χ4v) is 3.33. The number of aromatic nitrogens is 4. The van der Waals surface area contributed by atoms with Gasteiger partial charge < -0.3 is 4.90 Å². The van der Waals surface area contributed by atoms with Crippen molar-refractivity contribution in [2.24, 2.45) is 0 Å². The lowest BCUT2D eigenvalue weighted by Crippen LogP contribution is -2.37. The predicted molar refractivity (Wildman–Crippen MR) is 89.7 cm³/mol. The van der Waals surface area contributed by atoms with Gasteiger partial charge in [0.1, 0.15) is 0 Å². The molecule has 0 aliphatic carbocycles. The lowest BCUT2D eigenvalue weighted by Gasteiger charge is -2.23. The Morgan fingerprint density at radius 3 is 2.88 bits per heavy atom. The summed E-state index contributed by atoms with van der Waals surface area (Å²) in [6.45, 7) is 2.68. The zero-order valence-electron chi connectivity index (χ0n) is 13.6. The number of fused-ring (bicyclic) bond motifs is 1. The molecule has 4 rings (SSSR count). The molecule has 1 aliphatic heterocycles. The maximum Gasteiger partial charge on any atom is 0.293 e. The lowest BCUT2D eigenvalue weighted by atomic mass is 10.0. The number of rotatable bonds is 3. The summed E-state index contributed by atoms with van der Waals surface area (Å²) in [5.41, 5.74) is 2.16. The van der Waals surface area contributed by atoms with E-state index < -0.39 is 0 Å². The Morgan fingerprint density at radius 1 is 1.25 bits per heavy atom. The average molecular weight is 321 g/mol. The SMILES string of the molecule is Cc1ccnc2nc(C(=O)N3CCCC3Cc3ccccc3)nn12. The van der Waals surface area contributed by atoms with Crippen molar-refractivity contribution >= 4 is 11.7 Å². The van der Waals surface area contributed by atoms with Crippen LogP contribution in [0.1, 0.15) is 34.7 Å². The summed E-state index contributed by atoms with van der Waals surface area (Å²) in [7, 11) is 0. The first-order chi connectivity index (χ1) is 11.7. The topological polar surface area (TPSA) is 63.4 Å². The highest BCUT2D eigenvalue weighted by Crippen LogP contribution is 2.22. The molecule has 1 amide bonds. The van der Waals surface area contributed by atoms with Crippen LogP contribution in [-0.2, 0) is 6.42 Å². The van der Waals surface area contributed by atoms with Gasteiger partial charge in [0.15, 0.2) is 0 Å². The largest absolute Gasteiger partial charge is 0.333 e. The molecule has 1 aliphatic rings. The van der Waals surface area contributed by atoms with Crippen LogP contribution in [-0.4, -0.2) is 43.0 Å². The van der Waals surface area contributed by atoms with E-state index >= 15 is 0 Å². The maximum absolute atomic E-state index is 12.9. The number of aryl methyl sites for hydroxylation is 1. The lowest BCUT2D eigenvalue weighted by molar-refractivity contribution is 0.0724. The quantitative estimate of drug-likeness (QED) is 0.742. The molecular formula is C18H19N5O. The molecule has 1 fully saturated rings. The number of nitrogens with zero attached hydrogens (tertiary/aromatic N) is 5. The van der Waals surface area contributed by atoms with E-state index in [9.17, 15) is 4.79 Å². The molecule has 3 aromatic rings. The molecule has 122 valence electrons.